The van der Waals surface area contributed by atoms with Crippen LogP contribution in [0, 0.1) is 0 Å². The van der Waals surface area contributed by atoms with Crippen LogP contribution >= 0.6 is 11.3 Å². The van der Waals surface area contributed by atoms with Crippen molar-refractivity contribution in [3.8, 4) is 5.75 Å². The van der Waals surface area contributed by atoms with Gasteiger partial charge in [-0.25, -0.2) is 9.97 Å². The highest BCUT2D eigenvalue weighted by Crippen LogP contribution is 2.30. The molecule has 0 bridgehead atoms. The lowest BCUT2D eigenvalue weighted by molar-refractivity contribution is 0.420. The number of fused-ring (bicyclic) bond motifs is 1. The highest BCUT2D eigenvalue weighted by atomic mass is 32.1. The summed E-state index contributed by atoms with van der Waals surface area (Å²) in [5.41, 5.74) is 6.18. The number of ether oxygens (including phenoxy) is 1. The molecule has 0 radical (unpaired) electrons. The number of anilines is 1. The normalized spacial score (nSPS) is 10.4. The Balaban J connectivity index is 2.78. The average molecular weight is 181 g/mol. The molecule has 0 fully saturated rings. The summed E-state index contributed by atoms with van der Waals surface area (Å²) in [7, 11) is 1.62. The van der Waals surface area contributed by atoms with Crippen molar-refractivity contribution in [1.29, 1.82) is 0 Å². The molecule has 2 aromatic heterocycles. The van der Waals surface area contributed by atoms with Gasteiger partial charge in [-0.3, -0.25) is 0 Å². The Hall–Kier alpha value is -1.36. The second kappa shape index (κ2) is 2.60. The summed E-state index contributed by atoms with van der Waals surface area (Å²) in [5, 5.41) is 0.516. The van der Waals surface area contributed by atoms with E-state index in [1.54, 1.807) is 19.4 Å². The lowest BCUT2D eigenvalue weighted by Gasteiger charge is -1.97. The van der Waals surface area contributed by atoms with Crippen LogP contribution in [0.1, 0.15) is 0 Å². The summed E-state index contributed by atoms with van der Waals surface area (Å²) in [4.78, 5) is 8.08. The molecule has 2 N–H and O–H groups in total. The van der Waals surface area contributed by atoms with Crippen LogP contribution in [0.4, 0.5) is 5.13 Å². The summed E-state index contributed by atoms with van der Waals surface area (Å²) in [5.74, 6) is 0.772. The van der Waals surface area contributed by atoms with Gasteiger partial charge in [-0.15, -0.1) is 0 Å². The third kappa shape index (κ3) is 0.984. The molecule has 0 aliphatic heterocycles. The number of thiazole rings is 1. The van der Waals surface area contributed by atoms with E-state index in [0.29, 0.717) is 10.8 Å². The van der Waals surface area contributed by atoms with E-state index in [-0.39, 0.29) is 0 Å². The molecule has 0 unspecified atom stereocenters. The van der Waals surface area contributed by atoms with E-state index < -0.39 is 0 Å². The SMILES string of the molecule is COc1ccnc2nc(N)sc12. The van der Waals surface area contributed by atoms with Crippen molar-refractivity contribution in [2.24, 2.45) is 0 Å². The van der Waals surface area contributed by atoms with Gasteiger partial charge in [0.05, 0.1) is 7.11 Å². The third-order valence-corrected chi connectivity index (χ3v) is 2.38. The zero-order valence-electron chi connectivity index (χ0n) is 6.44. The minimum Gasteiger partial charge on any atom is -0.495 e. The molecular weight excluding hydrogens is 174 g/mol. The van der Waals surface area contributed by atoms with E-state index in [1.165, 1.54) is 11.3 Å². The smallest absolute Gasteiger partial charge is 0.182 e. The Morgan fingerprint density at radius 1 is 1.58 bits per heavy atom. The number of nitrogens with two attached hydrogens (primary N) is 1. The Morgan fingerprint density at radius 2 is 2.42 bits per heavy atom. The Bertz CT molecular complexity index is 412. The van der Waals surface area contributed by atoms with Crippen LogP contribution in [0.15, 0.2) is 12.3 Å². The van der Waals surface area contributed by atoms with E-state index in [9.17, 15) is 0 Å². The van der Waals surface area contributed by atoms with Crippen LogP contribution in [-0.4, -0.2) is 17.1 Å². The highest BCUT2D eigenvalue weighted by Gasteiger charge is 2.06. The van der Waals surface area contributed by atoms with Crippen molar-refractivity contribution in [3.05, 3.63) is 12.3 Å². The number of nitrogens with zero attached hydrogens (tertiary/aromatic N) is 2. The van der Waals surface area contributed by atoms with Crippen LogP contribution < -0.4 is 10.5 Å². The molecule has 5 heteroatoms. The van der Waals surface area contributed by atoms with Crippen LogP contribution in [0.5, 0.6) is 5.75 Å². The fourth-order valence-electron chi connectivity index (χ4n) is 0.988. The molecule has 0 aromatic carbocycles. The van der Waals surface area contributed by atoms with E-state index in [2.05, 4.69) is 9.97 Å². The number of hydrogen-bond donors (Lipinski definition) is 1. The quantitative estimate of drug-likeness (QED) is 0.720. The minimum atomic E-state index is 0.516. The first kappa shape index (κ1) is 7.30. The zero-order valence-corrected chi connectivity index (χ0v) is 7.26. The van der Waals surface area contributed by atoms with Crippen molar-refractivity contribution in [2.75, 3.05) is 12.8 Å². The molecule has 12 heavy (non-hydrogen) atoms. The van der Waals surface area contributed by atoms with E-state index in [1.807, 2.05) is 0 Å². The molecule has 62 valence electrons. The first-order valence-corrected chi connectivity index (χ1v) is 4.18. The fraction of sp³-hybridized carbons (Fsp3) is 0.143. The van der Waals surface area contributed by atoms with Gasteiger partial charge in [-0.05, 0) is 0 Å². The first-order valence-electron chi connectivity index (χ1n) is 3.36. The standard InChI is InChI=1S/C7H7N3OS/c1-11-4-2-3-9-6-5(4)12-7(8)10-6/h2-3H,1H3,(H2,8,9,10). The third-order valence-electron chi connectivity index (χ3n) is 1.49. The molecule has 0 spiro atoms. The lowest BCUT2D eigenvalue weighted by atomic mass is 10.4. The lowest BCUT2D eigenvalue weighted by Crippen LogP contribution is -1.84. The van der Waals surface area contributed by atoms with Crippen molar-refractivity contribution < 1.29 is 4.74 Å². The monoisotopic (exact) mass is 181 g/mol. The molecule has 0 amide bonds. The van der Waals surface area contributed by atoms with Crippen molar-refractivity contribution in [1.82, 2.24) is 9.97 Å². The molecule has 0 saturated heterocycles. The number of aromatic nitrogens is 2. The van der Waals surface area contributed by atoms with Gasteiger partial charge < -0.3 is 10.5 Å². The maximum atomic E-state index is 5.53. The number of pyridine rings is 1. The van der Waals surface area contributed by atoms with Gasteiger partial charge in [0.25, 0.3) is 0 Å². The fourth-order valence-corrected chi connectivity index (χ4v) is 1.77. The second-order valence-corrected chi connectivity index (χ2v) is 3.25. The molecule has 0 aliphatic rings. The average Bonchev–Trinajstić information content (AvgIpc) is 2.44. The largest absolute Gasteiger partial charge is 0.495 e. The van der Waals surface area contributed by atoms with Gasteiger partial charge in [0.1, 0.15) is 10.4 Å². The molecule has 2 aromatic rings. The predicted molar refractivity (Wildman–Crippen MR) is 48.4 cm³/mol. The number of methoxy groups -OCH3 is 1. The number of nitrogen functional groups attached to an aromatic ring is 1. The van der Waals surface area contributed by atoms with Crippen LogP contribution in [0.2, 0.25) is 0 Å². The van der Waals surface area contributed by atoms with Crippen LogP contribution in [0.25, 0.3) is 10.3 Å². The second-order valence-electron chi connectivity index (χ2n) is 2.22. The Labute approximate surface area is 73.0 Å². The van der Waals surface area contributed by atoms with Crippen molar-refractivity contribution in [3.63, 3.8) is 0 Å². The van der Waals surface area contributed by atoms with E-state index in [4.69, 9.17) is 10.5 Å². The summed E-state index contributed by atoms with van der Waals surface area (Å²) in [6.07, 6.45) is 1.65. The summed E-state index contributed by atoms with van der Waals surface area (Å²) < 4.78 is 6.02. The van der Waals surface area contributed by atoms with Crippen molar-refractivity contribution >= 4 is 26.8 Å². The number of hydrogen-bond acceptors (Lipinski definition) is 5. The molecule has 2 heterocycles. The molecule has 0 saturated carbocycles. The highest BCUT2D eigenvalue weighted by molar-refractivity contribution is 7.22. The van der Waals surface area contributed by atoms with Crippen LogP contribution in [0.3, 0.4) is 0 Å². The van der Waals surface area contributed by atoms with Gasteiger partial charge in [0, 0.05) is 12.3 Å². The Kier molecular flexibility index (Phi) is 1.58. The Morgan fingerprint density at radius 3 is 3.17 bits per heavy atom. The predicted octanol–water partition coefficient (Wildman–Crippen LogP) is 1.28. The van der Waals surface area contributed by atoms with Crippen LogP contribution in [-0.2, 0) is 0 Å². The van der Waals surface area contributed by atoms with Gasteiger partial charge in [0.15, 0.2) is 10.8 Å². The van der Waals surface area contributed by atoms with Gasteiger partial charge >= 0.3 is 0 Å². The van der Waals surface area contributed by atoms with E-state index >= 15 is 0 Å². The zero-order chi connectivity index (χ0) is 8.55. The molecule has 0 atom stereocenters. The molecule has 0 aliphatic carbocycles. The number of rotatable bonds is 1. The first-order chi connectivity index (χ1) is 5.81. The minimum absolute atomic E-state index is 0.516. The maximum Gasteiger partial charge on any atom is 0.182 e. The van der Waals surface area contributed by atoms with Gasteiger partial charge in [-0.2, -0.15) is 0 Å². The molecule has 4 nitrogen and oxygen atoms in total. The summed E-state index contributed by atoms with van der Waals surface area (Å²) in [6, 6.07) is 1.79. The van der Waals surface area contributed by atoms with E-state index in [0.717, 1.165) is 10.4 Å². The summed E-state index contributed by atoms with van der Waals surface area (Å²) >= 11 is 1.38. The topological polar surface area (TPSA) is 61.0 Å². The van der Waals surface area contributed by atoms with Crippen molar-refractivity contribution in [2.45, 2.75) is 0 Å². The molecule has 2 rings (SSSR count). The maximum absolute atomic E-state index is 5.53. The van der Waals surface area contributed by atoms with Gasteiger partial charge in [-0.1, -0.05) is 11.3 Å². The summed E-state index contributed by atoms with van der Waals surface area (Å²) in [6.45, 7) is 0. The molecular formula is C7H7N3OS. The van der Waals surface area contributed by atoms with Gasteiger partial charge in [0.2, 0.25) is 0 Å².